The fourth-order valence-electron chi connectivity index (χ4n) is 3.86. The summed E-state index contributed by atoms with van der Waals surface area (Å²) in [4.78, 5) is 22.2. The number of unbranched alkanes of at least 4 members (excludes halogenated alkanes) is 1. The highest BCUT2D eigenvalue weighted by molar-refractivity contribution is 5.97. The maximum atomic E-state index is 12.4. The molecule has 1 aliphatic rings. The maximum absolute atomic E-state index is 12.4. The van der Waals surface area contributed by atoms with Gasteiger partial charge in [-0.2, -0.15) is 0 Å². The van der Waals surface area contributed by atoms with Crippen LogP contribution in [-0.2, 0) is 4.74 Å². The van der Waals surface area contributed by atoms with Crippen molar-refractivity contribution in [3.8, 4) is 0 Å². The third kappa shape index (κ3) is 4.80. The van der Waals surface area contributed by atoms with Crippen molar-refractivity contribution >= 4 is 22.6 Å². The predicted molar refractivity (Wildman–Crippen MR) is 118 cm³/mol. The van der Waals surface area contributed by atoms with E-state index in [1.54, 1.807) is 6.20 Å². The molecule has 7 heteroatoms. The number of benzene rings is 1. The van der Waals surface area contributed by atoms with E-state index in [0.29, 0.717) is 30.7 Å². The molecule has 0 unspecified atom stereocenters. The second-order valence-electron chi connectivity index (χ2n) is 7.92. The van der Waals surface area contributed by atoms with Crippen LogP contribution >= 0.6 is 0 Å². The van der Waals surface area contributed by atoms with Gasteiger partial charge in [-0.3, -0.25) is 9.69 Å². The van der Waals surface area contributed by atoms with Gasteiger partial charge in [0.25, 0.3) is 5.91 Å². The molecule has 1 fully saturated rings. The zero-order chi connectivity index (χ0) is 20.9. The van der Waals surface area contributed by atoms with Crippen molar-refractivity contribution in [1.29, 1.82) is 0 Å². The number of ether oxygens (including phenoxy) is 1. The minimum Gasteiger partial charge on any atom is -0.384 e. The Labute approximate surface area is 176 Å². The third-order valence-electron chi connectivity index (χ3n) is 5.68. The van der Waals surface area contributed by atoms with Crippen molar-refractivity contribution in [2.45, 2.75) is 31.9 Å². The number of H-pyrrole nitrogens is 1. The summed E-state index contributed by atoms with van der Waals surface area (Å²) in [6, 6.07) is 14.0. The monoisotopic (exact) mass is 407 g/mol. The van der Waals surface area contributed by atoms with Crippen LogP contribution in [0.3, 0.4) is 0 Å². The van der Waals surface area contributed by atoms with Crippen LogP contribution in [0.25, 0.3) is 10.9 Å². The summed E-state index contributed by atoms with van der Waals surface area (Å²) in [6.45, 7) is 5.37. The number of nitrogens with two attached hydrogens (primary N) is 1. The van der Waals surface area contributed by atoms with E-state index in [1.807, 2.05) is 42.5 Å². The number of anilines is 1. The highest BCUT2D eigenvalue weighted by Crippen LogP contribution is 2.25. The first kappa shape index (κ1) is 20.4. The average Bonchev–Trinajstić information content (AvgIpc) is 3.20. The number of para-hydroxylation sites is 1. The van der Waals surface area contributed by atoms with Crippen LogP contribution in [0.2, 0.25) is 0 Å². The molecule has 0 saturated carbocycles. The molecular weight excluding hydrogens is 378 g/mol. The summed E-state index contributed by atoms with van der Waals surface area (Å²) in [6.07, 6.45) is 3.78. The van der Waals surface area contributed by atoms with E-state index < -0.39 is 0 Å². The smallest absolute Gasteiger partial charge is 0.267 e. The van der Waals surface area contributed by atoms with Gasteiger partial charge in [-0.15, -0.1) is 0 Å². The number of aromatic nitrogens is 2. The standard InChI is InChI=1S/C23H29N5O2/c1-16-15-30-21(18-8-9-22(24)26-13-18)14-28(16)11-5-4-10-25-23(29)20-12-17-6-2-3-7-19(17)27-20/h2-3,6-9,12-13,16,21,27H,4-5,10-11,14-15H2,1H3,(H2,24,26)(H,25,29)/t16-,21+/m0/s1. The molecule has 2 aromatic heterocycles. The normalized spacial score (nSPS) is 19.8. The fraction of sp³-hybridized carbons (Fsp3) is 0.391. The van der Waals surface area contributed by atoms with Crippen molar-refractivity contribution in [2.75, 3.05) is 32.0 Å². The van der Waals surface area contributed by atoms with Crippen LogP contribution in [0, 0.1) is 0 Å². The lowest BCUT2D eigenvalue weighted by Gasteiger charge is -2.38. The summed E-state index contributed by atoms with van der Waals surface area (Å²) in [7, 11) is 0. The predicted octanol–water partition coefficient (Wildman–Crippen LogP) is 3.12. The van der Waals surface area contributed by atoms with Crippen molar-refractivity contribution in [2.24, 2.45) is 0 Å². The van der Waals surface area contributed by atoms with Gasteiger partial charge in [0.1, 0.15) is 11.5 Å². The number of rotatable bonds is 7. The number of amides is 1. The van der Waals surface area contributed by atoms with Gasteiger partial charge in [0.2, 0.25) is 0 Å². The lowest BCUT2D eigenvalue weighted by molar-refractivity contribution is -0.0604. The lowest BCUT2D eigenvalue weighted by atomic mass is 10.1. The first-order valence-electron chi connectivity index (χ1n) is 10.5. The number of carbonyl (C=O) groups excluding carboxylic acids is 1. The molecule has 158 valence electrons. The first-order chi connectivity index (χ1) is 14.6. The van der Waals surface area contributed by atoms with E-state index in [4.69, 9.17) is 10.5 Å². The van der Waals surface area contributed by atoms with Gasteiger partial charge in [0.15, 0.2) is 0 Å². The Morgan fingerprint density at radius 3 is 2.97 bits per heavy atom. The van der Waals surface area contributed by atoms with Crippen LogP contribution in [0.4, 0.5) is 5.82 Å². The van der Waals surface area contributed by atoms with E-state index >= 15 is 0 Å². The first-order valence-corrected chi connectivity index (χ1v) is 10.5. The highest BCUT2D eigenvalue weighted by Gasteiger charge is 2.26. The molecule has 2 atom stereocenters. The maximum Gasteiger partial charge on any atom is 0.267 e. The molecule has 0 bridgehead atoms. The second-order valence-corrected chi connectivity index (χ2v) is 7.92. The molecule has 0 aliphatic carbocycles. The molecule has 4 rings (SSSR count). The van der Waals surface area contributed by atoms with Gasteiger partial charge in [-0.25, -0.2) is 4.98 Å². The molecular formula is C23H29N5O2. The van der Waals surface area contributed by atoms with E-state index in [-0.39, 0.29) is 12.0 Å². The van der Waals surface area contributed by atoms with E-state index in [9.17, 15) is 4.79 Å². The number of nitrogens with one attached hydrogen (secondary N) is 2. The largest absolute Gasteiger partial charge is 0.384 e. The summed E-state index contributed by atoms with van der Waals surface area (Å²) < 4.78 is 6.00. The van der Waals surface area contributed by atoms with Crippen LogP contribution in [-0.4, -0.2) is 53.1 Å². The number of hydrogen-bond donors (Lipinski definition) is 3. The zero-order valence-corrected chi connectivity index (χ0v) is 17.3. The van der Waals surface area contributed by atoms with Crippen molar-refractivity contribution in [1.82, 2.24) is 20.2 Å². The fourth-order valence-corrected chi connectivity index (χ4v) is 3.86. The van der Waals surface area contributed by atoms with Gasteiger partial charge in [0.05, 0.1) is 12.7 Å². The second kappa shape index (κ2) is 9.28. The summed E-state index contributed by atoms with van der Waals surface area (Å²) in [5.74, 6) is 0.469. The summed E-state index contributed by atoms with van der Waals surface area (Å²) in [5.41, 5.74) is 8.34. The lowest BCUT2D eigenvalue weighted by Crippen LogP contribution is -2.45. The molecule has 1 saturated heterocycles. The van der Waals surface area contributed by atoms with Crippen LogP contribution < -0.4 is 11.1 Å². The Morgan fingerprint density at radius 1 is 1.30 bits per heavy atom. The Bertz CT molecular complexity index is 952. The van der Waals surface area contributed by atoms with E-state index in [0.717, 1.165) is 42.4 Å². The number of morpholine rings is 1. The molecule has 1 aromatic carbocycles. The number of aromatic amines is 1. The van der Waals surface area contributed by atoms with Gasteiger partial charge < -0.3 is 20.8 Å². The average molecular weight is 408 g/mol. The number of hydrogen-bond acceptors (Lipinski definition) is 5. The quantitative estimate of drug-likeness (QED) is 0.523. The molecule has 0 radical (unpaired) electrons. The molecule has 3 heterocycles. The number of nitrogens with zero attached hydrogens (tertiary/aromatic N) is 2. The Kier molecular flexibility index (Phi) is 6.30. The molecule has 4 N–H and O–H groups in total. The Balaban J connectivity index is 1.21. The van der Waals surface area contributed by atoms with Gasteiger partial charge >= 0.3 is 0 Å². The summed E-state index contributed by atoms with van der Waals surface area (Å²) in [5, 5.41) is 4.07. The zero-order valence-electron chi connectivity index (χ0n) is 17.3. The molecule has 30 heavy (non-hydrogen) atoms. The number of nitrogen functional groups attached to an aromatic ring is 1. The van der Waals surface area contributed by atoms with Gasteiger partial charge in [-0.05, 0) is 44.5 Å². The Hall–Kier alpha value is -2.90. The number of pyridine rings is 1. The van der Waals surface area contributed by atoms with Crippen molar-refractivity contribution in [3.05, 3.63) is 59.9 Å². The minimum atomic E-state index is -0.0538. The Morgan fingerprint density at radius 2 is 2.17 bits per heavy atom. The SMILES string of the molecule is C[C@H]1CO[C@@H](c2ccc(N)nc2)CN1CCCCNC(=O)c1cc2ccccc2[nH]1. The number of fused-ring (bicyclic) bond motifs is 1. The molecule has 1 aliphatic heterocycles. The van der Waals surface area contributed by atoms with Crippen molar-refractivity contribution < 1.29 is 9.53 Å². The van der Waals surface area contributed by atoms with Gasteiger partial charge in [0, 0.05) is 41.8 Å². The highest BCUT2D eigenvalue weighted by atomic mass is 16.5. The molecule has 3 aromatic rings. The van der Waals surface area contributed by atoms with Gasteiger partial charge in [-0.1, -0.05) is 24.3 Å². The molecule has 1 amide bonds. The van der Waals surface area contributed by atoms with Crippen LogP contribution in [0.15, 0.2) is 48.7 Å². The number of carbonyl (C=O) groups is 1. The third-order valence-corrected chi connectivity index (χ3v) is 5.68. The summed E-state index contributed by atoms with van der Waals surface area (Å²) >= 11 is 0. The van der Waals surface area contributed by atoms with Crippen molar-refractivity contribution in [3.63, 3.8) is 0 Å². The van der Waals surface area contributed by atoms with Crippen LogP contribution in [0.1, 0.15) is 41.9 Å². The van der Waals surface area contributed by atoms with E-state index in [1.165, 1.54) is 0 Å². The molecule has 7 nitrogen and oxygen atoms in total. The minimum absolute atomic E-state index is 0.0241. The van der Waals surface area contributed by atoms with E-state index in [2.05, 4.69) is 27.1 Å². The topological polar surface area (TPSA) is 96.3 Å². The van der Waals surface area contributed by atoms with Crippen LogP contribution in [0.5, 0.6) is 0 Å². The molecule has 0 spiro atoms.